The van der Waals surface area contributed by atoms with E-state index in [0.717, 1.165) is 6.54 Å². The summed E-state index contributed by atoms with van der Waals surface area (Å²) in [7, 11) is 0. The van der Waals surface area contributed by atoms with Gasteiger partial charge in [0.15, 0.2) is 0 Å². The van der Waals surface area contributed by atoms with Gasteiger partial charge in [0, 0.05) is 0 Å². The van der Waals surface area contributed by atoms with Crippen LogP contribution < -0.4 is 9.78 Å². The third-order valence-corrected chi connectivity index (χ3v) is 6.09. The Morgan fingerprint density at radius 2 is 1.55 bits per heavy atom. The van der Waals surface area contributed by atoms with Gasteiger partial charge in [0.25, 0.3) is 0 Å². The molecule has 2 rings (SSSR count). The number of hydrogen-bond acceptors (Lipinski definition) is 1. The molecule has 0 aromatic heterocycles. The van der Waals surface area contributed by atoms with Gasteiger partial charge in [0.2, 0.25) is 0 Å². The summed E-state index contributed by atoms with van der Waals surface area (Å²) in [5, 5.41) is 3.72. The maximum absolute atomic E-state index is 3.72. The van der Waals surface area contributed by atoms with Crippen LogP contribution in [0.2, 0.25) is 4.82 Å². The Morgan fingerprint density at radius 3 is 2.15 bits per heavy atom. The van der Waals surface area contributed by atoms with E-state index in [4.69, 9.17) is 0 Å². The SMILES string of the molecule is CC[C@H](NCc1ccccc1)[C@@H](C)[Se]c1ccccc1. The predicted octanol–water partition coefficient (Wildman–Crippen LogP) is 3.39. The molecule has 2 aromatic rings. The van der Waals surface area contributed by atoms with Crippen molar-refractivity contribution in [1.29, 1.82) is 0 Å². The van der Waals surface area contributed by atoms with E-state index in [0.29, 0.717) is 25.8 Å². The van der Waals surface area contributed by atoms with Gasteiger partial charge in [-0.05, 0) is 0 Å². The second kappa shape index (κ2) is 8.26. The van der Waals surface area contributed by atoms with Crippen LogP contribution in [0, 0.1) is 0 Å². The van der Waals surface area contributed by atoms with Crippen LogP contribution in [0.5, 0.6) is 0 Å². The van der Waals surface area contributed by atoms with E-state index >= 15 is 0 Å². The molecule has 0 heterocycles. The number of benzene rings is 2. The molecule has 0 saturated heterocycles. The summed E-state index contributed by atoms with van der Waals surface area (Å²) in [4.78, 5) is 0.707. The van der Waals surface area contributed by atoms with Crippen molar-refractivity contribution in [3.8, 4) is 0 Å². The molecule has 0 radical (unpaired) electrons. The first-order valence-electron chi connectivity index (χ1n) is 7.28. The Labute approximate surface area is 129 Å². The van der Waals surface area contributed by atoms with E-state index < -0.39 is 0 Å². The second-order valence-corrected chi connectivity index (χ2v) is 8.06. The van der Waals surface area contributed by atoms with Crippen molar-refractivity contribution >= 4 is 19.4 Å². The Bertz CT molecular complexity index is 483. The molecular weight excluding hydrogens is 309 g/mol. The van der Waals surface area contributed by atoms with Gasteiger partial charge in [-0.3, -0.25) is 0 Å². The molecule has 1 nitrogen and oxygen atoms in total. The van der Waals surface area contributed by atoms with Crippen molar-refractivity contribution in [1.82, 2.24) is 5.32 Å². The zero-order valence-corrected chi connectivity index (χ0v) is 14.0. The first-order chi connectivity index (χ1) is 9.79. The molecule has 0 spiro atoms. The molecule has 2 aromatic carbocycles. The van der Waals surface area contributed by atoms with E-state index in [1.165, 1.54) is 16.4 Å². The first-order valence-corrected chi connectivity index (χ1v) is 9.13. The summed E-state index contributed by atoms with van der Waals surface area (Å²) in [6, 6.07) is 22.1. The van der Waals surface area contributed by atoms with Gasteiger partial charge in [-0.1, -0.05) is 0 Å². The van der Waals surface area contributed by atoms with Crippen LogP contribution in [0.25, 0.3) is 0 Å². The monoisotopic (exact) mass is 333 g/mol. The normalized spacial score (nSPS) is 13.9. The fourth-order valence-electron chi connectivity index (χ4n) is 2.28. The Balaban J connectivity index is 1.87. The van der Waals surface area contributed by atoms with E-state index in [9.17, 15) is 0 Å². The van der Waals surface area contributed by atoms with Crippen LogP contribution in [0.3, 0.4) is 0 Å². The van der Waals surface area contributed by atoms with Crippen LogP contribution in [0.4, 0.5) is 0 Å². The van der Waals surface area contributed by atoms with Gasteiger partial charge in [0.1, 0.15) is 0 Å². The minimum absolute atomic E-state index is 0.533. The molecule has 0 aliphatic heterocycles. The summed E-state index contributed by atoms with van der Waals surface area (Å²) in [6.45, 7) is 5.62. The molecule has 1 N–H and O–H groups in total. The Morgan fingerprint density at radius 1 is 0.950 bits per heavy atom. The van der Waals surface area contributed by atoms with Crippen LogP contribution >= 0.6 is 0 Å². The molecule has 106 valence electrons. The van der Waals surface area contributed by atoms with Crippen LogP contribution in [0.15, 0.2) is 60.7 Å². The fourth-order valence-corrected chi connectivity index (χ4v) is 4.79. The molecule has 0 aliphatic carbocycles. The van der Waals surface area contributed by atoms with E-state index in [-0.39, 0.29) is 0 Å². The molecule has 0 saturated carbocycles. The first kappa shape index (κ1) is 15.3. The van der Waals surface area contributed by atoms with Crippen molar-refractivity contribution in [3.63, 3.8) is 0 Å². The molecule has 0 amide bonds. The standard InChI is InChI=1S/C18H23NSe/c1-3-18(19-14-16-10-6-4-7-11-16)15(2)20-17-12-8-5-9-13-17/h4-13,15,18-19H,3,14H2,1-2H3/t15-,18+/m1/s1. The van der Waals surface area contributed by atoms with Crippen LogP contribution in [-0.2, 0) is 6.54 Å². The molecule has 0 bridgehead atoms. The van der Waals surface area contributed by atoms with Crippen molar-refractivity contribution in [2.24, 2.45) is 0 Å². The number of rotatable bonds is 7. The van der Waals surface area contributed by atoms with Gasteiger partial charge in [-0.15, -0.1) is 0 Å². The quantitative estimate of drug-likeness (QED) is 0.767. The third kappa shape index (κ3) is 4.79. The maximum atomic E-state index is 3.72. The number of nitrogens with one attached hydrogen (secondary N) is 1. The van der Waals surface area contributed by atoms with E-state index in [1.54, 1.807) is 0 Å². The van der Waals surface area contributed by atoms with Crippen LogP contribution in [-0.4, -0.2) is 21.0 Å². The molecule has 20 heavy (non-hydrogen) atoms. The van der Waals surface area contributed by atoms with Gasteiger partial charge < -0.3 is 0 Å². The van der Waals surface area contributed by atoms with Gasteiger partial charge in [0.05, 0.1) is 0 Å². The van der Waals surface area contributed by atoms with Gasteiger partial charge in [-0.25, -0.2) is 0 Å². The molecule has 0 unspecified atom stereocenters. The molecule has 0 fully saturated rings. The molecular formula is C18H23NSe. The van der Waals surface area contributed by atoms with Gasteiger partial charge >= 0.3 is 129 Å². The zero-order valence-electron chi connectivity index (χ0n) is 12.3. The Hall–Kier alpha value is -1.08. The average molecular weight is 332 g/mol. The van der Waals surface area contributed by atoms with Crippen molar-refractivity contribution in [2.75, 3.05) is 0 Å². The average Bonchev–Trinajstić information content (AvgIpc) is 2.50. The van der Waals surface area contributed by atoms with Crippen molar-refractivity contribution < 1.29 is 0 Å². The molecule has 2 atom stereocenters. The topological polar surface area (TPSA) is 12.0 Å². The fraction of sp³-hybridized carbons (Fsp3) is 0.333. The van der Waals surface area contributed by atoms with Crippen molar-refractivity contribution in [2.45, 2.75) is 37.7 Å². The van der Waals surface area contributed by atoms with Crippen molar-refractivity contribution in [3.05, 3.63) is 66.2 Å². The molecule has 0 aliphatic rings. The molecule has 2 heteroatoms. The van der Waals surface area contributed by atoms with E-state index in [2.05, 4.69) is 79.8 Å². The summed E-state index contributed by atoms with van der Waals surface area (Å²) in [6.07, 6.45) is 1.18. The summed E-state index contributed by atoms with van der Waals surface area (Å²) < 4.78 is 1.49. The predicted molar refractivity (Wildman–Crippen MR) is 88.6 cm³/mol. The second-order valence-electron chi connectivity index (χ2n) is 5.02. The summed E-state index contributed by atoms with van der Waals surface area (Å²) in [5.74, 6) is 0. The number of hydrogen-bond donors (Lipinski definition) is 1. The Kier molecular flexibility index (Phi) is 6.32. The minimum atomic E-state index is 0.533. The zero-order chi connectivity index (χ0) is 14.2. The summed E-state index contributed by atoms with van der Waals surface area (Å²) in [5.41, 5.74) is 1.37. The van der Waals surface area contributed by atoms with Gasteiger partial charge in [-0.2, -0.15) is 0 Å². The third-order valence-electron chi connectivity index (χ3n) is 3.48. The van der Waals surface area contributed by atoms with E-state index in [1.807, 2.05) is 0 Å². The summed E-state index contributed by atoms with van der Waals surface area (Å²) >= 11 is 0.533. The van der Waals surface area contributed by atoms with Crippen LogP contribution in [0.1, 0.15) is 25.8 Å².